The van der Waals surface area contributed by atoms with Gasteiger partial charge in [0.25, 0.3) is 0 Å². The predicted octanol–water partition coefficient (Wildman–Crippen LogP) is 2.69. The van der Waals surface area contributed by atoms with Gasteiger partial charge in [0, 0.05) is 11.1 Å². The molecule has 0 saturated carbocycles. The van der Waals surface area contributed by atoms with Gasteiger partial charge in [-0.15, -0.1) is 0 Å². The zero-order valence-electron chi connectivity index (χ0n) is 11.1. The first-order valence-electron chi connectivity index (χ1n) is 6.10. The largest absolute Gasteiger partial charge is 0.285 e. The molecule has 0 aromatic heterocycles. The highest BCUT2D eigenvalue weighted by atomic mass is 16.2. The van der Waals surface area contributed by atoms with Crippen LogP contribution in [0.4, 0.5) is 11.4 Å². The van der Waals surface area contributed by atoms with Gasteiger partial charge in [0.15, 0.2) is 0 Å². The van der Waals surface area contributed by atoms with Crippen molar-refractivity contribution in [1.29, 1.82) is 0 Å². The molecular formula is C16H8N2O4. The maximum atomic E-state index is 12.1. The molecule has 106 valence electrons. The molecule has 0 saturated heterocycles. The lowest BCUT2D eigenvalue weighted by atomic mass is 10.0. The normalized spacial score (nSPS) is 9.27. The van der Waals surface area contributed by atoms with E-state index in [2.05, 4.69) is 9.98 Å². The molecule has 6 heteroatoms. The lowest BCUT2D eigenvalue weighted by Crippen LogP contribution is -2.14. The Morgan fingerprint density at radius 3 is 1.23 bits per heavy atom. The fraction of sp³-hybridized carbons (Fsp3) is 0. The summed E-state index contributed by atoms with van der Waals surface area (Å²) < 4.78 is 0. The molecule has 22 heavy (non-hydrogen) atoms. The first-order valence-corrected chi connectivity index (χ1v) is 6.10. The van der Waals surface area contributed by atoms with Crippen LogP contribution in [0.5, 0.6) is 0 Å². The fourth-order valence-corrected chi connectivity index (χ4v) is 1.74. The van der Waals surface area contributed by atoms with Crippen LogP contribution in [0, 0.1) is 0 Å². The van der Waals surface area contributed by atoms with E-state index < -0.39 is 11.6 Å². The van der Waals surface area contributed by atoms with Gasteiger partial charge < -0.3 is 0 Å². The van der Waals surface area contributed by atoms with Crippen LogP contribution in [0.1, 0.15) is 20.7 Å². The summed E-state index contributed by atoms with van der Waals surface area (Å²) in [6.07, 6.45) is 2.77. The Kier molecular flexibility index (Phi) is 4.63. The SMILES string of the molecule is O=C=Nc1ccc(C(=O)C(=O)c2ccc(N=C=O)cc2)cc1. The van der Waals surface area contributed by atoms with E-state index in [9.17, 15) is 19.2 Å². The molecule has 0 aliphatic carbocycles. The maximum absolute atomic E-state index is 12.1. The van der Waals surface area contributed by atoms with Gasteiger partial charge in [-0.25, -0.2) is 9.59 Å². The van der Waals surface area contributed by atoms with E-state index in [1.807, 2.05) is 0 Å². The maximum Gasteiger partial charge on any atom is 0.240 e. The van der Waals surface area contributed by atoms with E-state index in [1.54, 1.807) is 0 Å². The van der Waals surface area contributed by atoms with Crippen molar-refractivity contribution in [3.05, 3.63) is 59.7 Å². The highest BCUT2D eigenvalue weighted by molar-refractivity contribution is 6.49. The van der Waals surface area contributed by atoms with Crippen LogP contribution in [-0.2, 0) is 9.59 Å². The molecule has 2 rings (SSSR count). The molecule has 0 spiro atoms. The van der Waals surface area contributed by atoms with Gasteiger partial charge in [-0.2, -0.15) is 9.98 Å². The topological polar surface area (TPSA) is 93.0 Å². The Hall–Kier alpha value is -3.46. The Morgan fingerprint density at radius 2 is 0.955 bits per heavy atom. The minimum absolute atomic E-state index is 0.185. The third-order valence-electron chi connectivity index (χ3n) is 2.81. The second-order valence-electron chi connectivity index (χ2n) is 4.16. The summed E-state index contributed by atoms with van der Waals surface area (Å²) >= 11 is 0. The smallest absolute Gasteiger partial charge is 0.240 e. The summed E-state index contributed by atoms with van der Waals surface area (Å²) in [5, 5.41) is 0. The Morgan fingerprint density at radius 1 is 0.636 bits per heavy atom. The molecule has 0 atom stereocenters. The van der Waals surface area contributed by atoms with E-state index in [0.717, 1.165) is 0 Å². The number of hydrogen-bond donors (Lipinski definition) is 0. The van der Waals surface area contributed by atoms with Crippen LogP contribution in [0.3, 0.4) is 0 Å². The van der Waals surface area contributed by atoms with Crippen molar-refractivity contribution in [3.63, 3.8) is 0 Å². The van der Waals surface area contributed by atoms with E-state index in [0.29, 0.717) is 11.4 Å². The van der Waals surface area contributed by atoms with Gasteiger partial charge in [0.05, 0.1) is 11.4 Å². The quantitative estimate of drug-likeness (QED) is 0.366. The lowest BCUT2D eigenvalue weighted by molar-refractivity contribution is 0.0817. The lowest BCUT2D eigenvalue weighted by Gasteiger charge is -2.01. The zero-order valence-corrected chi connectivity index (χ0v) is 11.1. The summed E-state index contributed by atoms with van der Waals surface area (Å²) in [5.41, 5.74) is 1.06. The van der Waals surface area contributed by atoms with Crippen molar-refractivity contribution in [3.8, 4) is 0 Å². The van der Waals surface area contributed by atoms with Crippen LogP contribution in [-0.4, -0.2) is 23.7 Å². The van der Waals surface area contributed by atoms with Crippen molar-refractivity contribution >= 4 is 35.1 Å². The number of Topliss-reactive ketones (excluding diaryl/α,β-unsaturated/α-hetero) is 2. The predicted molar refractivity (Wildman–Crippen MR) is 77.1 cm³/mol. The number of ketones is 2. The van der Waals surface area contributed by atoms with Gasteiger partial charge in [-0.1, -0.05) is 0 Å². The third kappa shape index (κ3) is 3.35. The number of aliphatic imine (C=N–C) groups is 2. The van der Waals surface area contributed by atoms with Gasteiger partial charge in [-0.3, -0.25) is 9.59 Å². The number of rotatable bonds is 5. The monoisotopic (exact) mass is 292 g/mol. The summed E-state index contributed by atoms with van der Waals surface area (Å²) in [6, 6.07) is 11.4. The molecule has 0 aliphatic rings. The van der Waals surface area contributed by atoms with E-state index in [-0.39, 0.29) is 11.1 Å². The molecule has 0 fully saturated rings. The van der Waals surface area contributed by atoms with Gasteiger partial charge in [-0.05, 0) is 48.5 Å². The Balaban J connectivity index is 2.22. The van der Waals surface area contributed by atoms with Crippen LogP contribution in [0.2, 0.25) is 0 Å². The van der Waals surface area contributed by atoms with Gasteiger partial charge in [0.1, 0.15) is 0 Å². The number of carbonyl (C=O) groups is 2. The number of isocyanates is 2. The highest BCUT2D eigenvalue weighted by Crippen LogP contribution is 2.16. The minimum Gasteiger partial charge on any atom is -0.285 e. The van der Waals surface area contributed by atoms with Crippen molar-refractivity contribution in [2.75, 3.05) is 0 Å². The summed E-state index contributed by atoms with van der Waals surface area (Å²) in [5.74, 6) is -1.37. The number of benzene rings is 2. The second-order valence-corrected chi connectivity index (χ2v) is 4.16. The molecule has 2 aromatic rings. The van der Waals surface area contributed by atoms with Crippen LogP contribution in [0.15, 0.2) is 58.5 Å². The molecule has 0 N–H and O–H groups in total. The van der Waals surface area contributed by atoms with Gasteiger partial charge >= 0.3 is 0 Å². The Bertz CT molecular complexity index is 739. The first-order chi connectivity index (χ1) is 10.7. The van der Waals surface area contributed by atoms with Crippen molar-refractivity contribution in [1.82, 2.24) is 0 Å². The average molecular weight is 292 g/mol. The molecular weight excluding hydrogens is 284 g/mol. The van der Waals surface area contributed by atoms with E-state index >= 15 is 0 Å². The molecule has 0 heterocycles. The molecule has 0 aliphatic heterocycles. The standard InChI is InChI=1S/C16H8N2O4/c19-9-17-13-5-1-11(2-6-13)15(21)16(22)12-3-7-14(8-4-12)18-10-20/h1-8H. The second kappa shape index (κ2) is 6.81. The molecule has 0 radical (unpaired) electrons. The Labute approximate surface area is 124 Å². The molecule has 0 amide bonds. The van der Waals surface area contributed by atoms with Crippen LogP contribution in [0.25, 0.3) is 0 Å². The number of hydrogen-bond acceptors (Lipinski definition) is 6. The zero-order chi connectivity index (χ0) is 15.9. The summed E-state index contributed by atoms with van der Waals surface area (Å²) in [4.78, 5) is 51.2. The molecule has 6 nitrogen and oxygen atoms in total. The van der Waals surface area contributed by atoms with Crippen LogP contribution < -0.4 is 0 Å². The molecule has 2 aromatic carbocycles. The summed E-state index contributed by atoms with van der Waals surface area (Å²) in [7, 11) is 0. The molecule has 0 unspecified atom stereocenters. The van der Waals surface area contributed by atoms with E-state index in [1.165, 1.54) is 60.7 Å². The highest BCUT2D eigenvalue weighted by Gasteiger charge is 2.18. The van der Waals surface area contributed by atoms with Crippen molar-refractivity contribution < 1.29 is 19.2 Å². The number of nitrogens with zero attached hydrogens (tertiary/aromatic N) is 2. The third-order valence-corrected chi connectivity index (χ3v) is 2.81. The summed E-state index contributed by atoms with van der Waals surface area (Å²) in [6.45, 7) is 0. The fourth-order valence-electron chi connectivity index (χ4n) is 1.74. The van der Waals surface area contributed by atoms with Crippen LogP contribution >= 0.6 is 0 Å². The van der Waals surface area contributed by atoms with Crippen molar-refractivity contribution in [2.24, 2.45) is 9.98 Å². The minimum atomic E-state index is -0.687. The van der Waals surface area contributed by atoms with Crippen molar-refractivity contribution in [2.45, 2.75) is 0 Å². The molecule has 0 bridgehead atoms. The number of carbonyl (C=O) groups excluding carboxylic acids is 4. The first kappa shape index (κ1) is 14.9. The van der Waals surface area contributed by atoms with E-state index in [4.69, 9.17) is 0 Å². The van der Waals surface area contributed by atoms with Gasteiger partial charge in [0.2, 0.25) is 23.7 Å². The average Bonchev–Trinajstić information content (AvgIpc) is 2.55.